The second-order valence-corrected chi connectivity index (χ2v) is 4.77. The zero-order valence-corrected chi connectivity index (χ0v) is 10.9. The highest BCUT2D eigenvalue weighted by Gasteiger charge is 2.12. The summed E-state index contributed by atoms with van der Waals surface area (Å²) in [7, 11) is 0. The molecule has 18 heavy (non-hydrogen) atoms. The minimum absolute atomic E-state index is 0.0440. The molecule has 0 N–H and O–H groups in total. The number of carbonyl (C=O) groups is 1. The summed E-state index contributed by atoms with van der Waals surface area (Å²) in [6.45, 7) is 0. The van der Waals surface area contributed by atoms with Gasteiger partial charge in [-0.3, -0.25) is 4.79 Å². The molecule has 0 aromatic heterocycles. The molecule has 2 aromatic carbocycles. The quantitative estimate of drug-likeness (QED) is 0.778. The number of rotatable bonds is 3. The van der Waals surface area contributed by atoms with E-state index in [9.17, 15) is 13.6 Å². The van der Waals surface area contributed by atoms with E-state index in [1.165, 1.54) is 36.4 Å². The van der Waals surface area contributed by atoms with Crippen molar-refractivity contribution < 1.29 is 13.6 Å². The molecule has 1 nitrogen and oxygen atoms in total. The molecule has 0 amide bonds. The molecule has 0 radical (unpaired) electrons. The average Bonchev–Trinajstić information content (AvgIpc) is 2.32. The van der Waals surface area contributed by atoms with Crippen LogP contribution in [0.1, 0.15) is 15.9 Å². The van der Waals surface area contributed by atoms with E-state index in [4.69, 9.17) is 0 Å². The van der Waals surface area contributed by atoms with Gasteiger partial charge in [-0.2, -0.15) is 0 Å². The molecule has 2 rings (SSSR count). The lowest BCUT2D eigenvalue weighted by Crippen LogP contribution is -2.06. The maximum absolute atomic E-state index is 13.6. The molecule has 0 unspecified atom stereocenters. The van der Waals surface area contributed by atoms with E-state index in [2.05, 4.69) is 15.9 Å². The van der Waals surface area contributed by atoms with Gasteiger partial charge in [0.05, 0.1) is 5.56 Å². The van der Waals surface area contributed by atoms with Gasteiger partial charge in [0.25, 0.3) is 0 Å². The smallest absolute Gasteiger partial charge is 0.170 e. The van der Waals surface area contributed by atoms with E-state index in [0.717, 1.165) is 0 Å². The fraction of sp³-hybridized carbons (Fsp3) is 0.0714. The van der Waals surface area contributed by atoms with Gasteiger partial charge in [-0.1, -0.05) is 28.1 Å². The molecule has 0 atom stereocenters. The first-order valence-electron chi connectivity index (χ1n) is 5.29. The monoisotopic (exact) mass is 310 g/mol. The largest absolute Gasteiger partial charge is 0.294 e. The van der Waals surface area contributed by atoms with Crippen LogP contribution in [-0.4, -0.2) is 5.78 Å². The molecule has 0 fully saturated rings. The van der Waals surface area contributed by atoms with Crippen LogP contribution in [0, 0.1) is 11.6 Å². The highest BCUT2D eigenvalue weighted by molar-refractivity contribution is 9.10. The predicted octanol–water partition coefficient (Wildman–Crippen LogP) is 4.15. The summed E-state index contributed by atoms with van der Waals surface area (Å²) in [6, 6.07) is 9.89. The Labute approximate surface area is 112 Å². The van der Waals surface area contributed by atoms with Crippen molar-refractivity contribution in [2.75, 3.05) is 0 Å². The number of hydrogen-bond donors (Lipinski definition) is 0. The van der Waals surface area contributed by atoms with Crippen molar-refractivity contribution in [3.05, 3.63) is 69.7 Å². The van der Waals surface area contributed by atoms with Crippen LogP contribution in [0.5, 0.6) is 0 Å². The molecule has 0 bridgehead atoms. The van der Waals surface area contributed by atoms with Crippen molar-refractivity contribution in [3.63, 3.8) is 0 Å². The van der Waals surface area contributed by atoms with Gasteiger partial charge >= 0.3 is 0 Å². The van der Waals surface area contributed by atoms with Gasteiger partial charge in [0, 0.05) is 10.9 Å². The molecule has 0 aliphatic carbocycles. The van der Waals surface area contributed by atoms with Crippen molar-refractivity contribution in [3.8, 4) is 0 Å². The standard InChI is InChI=1S/C14H9BrF2O/c15-10-3-6-12(13(17)8-10)14(18)7-9-1-4-11(16)5-2-9/h1-6,8H,7H2. The molecule has 0 spiro atoms. The van der Waals surface area contributed by atoms with Crippen molar-refractivity contribution in [1.29, 1.82) is 0 Å². The van der Waals surface area contributed by atoms with E-state index >= 15 is 0 Å². The third kappa shape index (κ3) is 3.01. The Kier molecular flexibility index (Phi) is 3.87. The van der Waals surface area contributed by atoms with Crippen LogP contribution in [0.15, 0.2) is 46.9 Å². The first-order valence-corrected chi connectivity index (χ1v) is 6.08. The minimum Gasteiger partial charge on any atom is -0.294 e. The van der Waals surface area contributed by atoms with Crippen molar-refractivity contribution in [2.24, 2.45) is 0 Å². The lowest BCUT2D eigenvalue weighted by atomic mass is 10.0. The van der Waals surface area contributed by atoms with E-state index in [1.807, 2.05) is 0 Å². The summed E-state index contributed by atoms with van der Waals surface area (Å²) in [6.07, 6.45) is 0.0544. The Morgan fingerprint density at radius 1 is 1.06 bits per heavy atom. The maximum Gasteiger partial charge on any atom is 0.170 e. The second kappa shape index (κ2) is 5.40. The molecular formula is C14H9BrF2O. The lowest BCUT2D eigenvalue weighted by Gasteiger charge is -2.03. The number of carbonyl (C=O) groups excluding carboxylic acids is 1. The molecule has 4 heteroatoms. The normalized spacial score (nSPS) is 10.4. The van der Waals surface area contributed by atoms with E-state index in [0.29, 0.717) is 10.0 Å². The van der Waals surface area contributed by atoms with Gasteiger partial charge in [-0.05, 0) is 35.9 Å². The highest BCUT2D eigenvalue weighted by Crippen LogP contribution is 2.17. The summed E-state index contributed by atoms with van der Waals surface area (Å²) >= 11 is 3.13. The second-order valence-electron chi connectivity index (χ2n) is 3.85. The first kappa shape index (κ1) is 12.9. The van der Waals surface area contributed by atoms with Gasteiger partial charge in [-0.15, -0.1) is 0 Å². The molecule has 92 valence electrons. The van der Waals surface area contributed by atoms with Crippen molar-refractivity contribution in [1.82, 2.24) is 0 Å². The zero-order valence-electron chi connectivity index (χ0n) is 9.29. The number of hydrogen-bond acceptors (Lipinski definition) is 1. The lowest BCUT2D eigenvalue weighted by molar-refractivity contribution is 0.0989. The Bertz CT molecular complexity index is 579. The maximum atomic E-state index is 13.6. The fourth-order valence-corrected chi connectivity index (χ4v) is 1.93. The van der Waals surface area contributed by atoms with Crippen LogP contribution < -0.4 is 0 Å². The van der Waals surface area contributed by atoms with Gasteiger partial charge < -0.3 is 0 Å². The number of ketones is 1. The van der Waals surface area contributed by atoms with Gasteiger partial charge in [-0.25, -0.2) is 8.78 Å². The summed E-state index contributed by atoms with van der Waals surface area (Å²) in [5.74, 6) is -1.25. The first-order chi connectivity index (χ1) is 8.56. The zero-order chi connectivity index (χ0) is 13.1. The van der Waals surface area contributed by atoms with Crippen LogP contribution in [0.3, 0.4) is 0 Å². The third-order valence-electron chi connectivity index (χ3n) is 2.51. The fourth-order valence-electron chi connectivity index (χ4n) is 1.60. The molecule has 2 aromatic rings. The van der Waals surface area contributed by atoms with Crippen LogP contribution in [0.4, 0.5) is 8.78 Å². The summed E-state index contributed by atoms with van der Waals surface area (Å²) < 4.78 is 26.8. The Hall–Kier alpha value is -1.55. The summed E-state index contributed by atoms with van der Waals surface area (Å²) in [5, 5.41) is 0. The van der Waals surface area contributed by atoms with E-state index in [1.54, 1.807) is 6.07 Å². The molecule has 0 saturated carbocycles. The minimum atomic E-state index is -0.559. The highest BCUT2D eigenvalue weighted by atomic mass is 79.9. The number of halogens is 3. The topological polar surface area (TPSA) is 17.1 Å². The molecule has 0 aliphatic rings. The van der Waals surface area contributed by atoms with Crippen molar-refractivity contribution >= 4 is 21.7 Å². The third-order valence-corrected chi connectivity index (χ3v) is 3.00. The van der Waals surface area contributed by atoms with Gasteiger partial charge in [0.2, 0.25) is 0 Å². The molecule has 0 saturated heterocycles. The average molecular weight is 311 g/mol. The van der Waals surface area contributed by atoms with Crippen LogP contribution in [-0.2, 0) is 6.42 Å². The molecule has 0 heterocycles. The molecular weight excluding hydrogens is 302 g/mol. The summed E-state index contributed by atoms with van der Waals surface area (Å²) in [5.41, 5.74) is 0.700. The van der Waals surface area contributed by atoms with Crippen LogP contribution in [0.25, 0.3) is 0 Å². The van der Waals surface area contributed by atoms with Gasteiger partial charge in [0.15, 0.2) is 5.78 Å². The SMILES string of the molecule is O=C(Cc1ccc(F)cc1)c1ccc(Br)cc1F. The number of benzene rings is 2. The van der Waals surface area contributed by atoms with E-state index in [-0.39, 0.29) is 23.6 Å². The van der Waals surface area contributed by atoms with Crippen LogP contribution >= 0.6 is 15.9 Å². The molecule has 0 aliphatic heterocycles. The Morgan fingerprint density at radius 3 is 2.33 bits per heavy atom. The Balaban J connectivity index is 2.19. The van der Waals surface area contributed by atoms with Crippen molar-refractivity contribution in [2.45, 2.75) is 6.42 Å². The Morgan fingerprint density at radius 2 is 1.72 bits per heavy atom. The predicted molar refractivity (Wildman–Crippen MR) is 68.5 cm³/mol. The number of Topliss-reactive ketones (excluding diaryl/α,β-unsaturated/α-hetero) is 1. The van der Waals surface area contributed by atoms with Gasteiger partial charge in [0.1, 0.15) is 11.6 Å². The summed E-state index contributed by atoms with van der Waals surface area (Å²) in [4.78, 5) is 11.9. The van der Waals surface area contributed by atoms with Crippen LogP contribution in [0.2, 0.25) is 0 Å². The van der Waals surface area contributed by atoms with E-state index < -0.39 is 5.82 Å².